The fourth-order valence-corrected chi connectivity index (χ4v) is 7.01. The zero-order valence-corrected chi connectivity index (χ0v) is 39.2. The third-order valence-electron chi connectivity index (χ3n) is 10.1. The number of hydrogen-bond acceptors (Lipinski definition) is 9. The third kappa shape index (κ3) is 31.1. The van der Waals surface area contributed by atoms with Crippen molar-refractivity contribution in [3.8, 4) is 0 Å². The van der Waals surface area contributed by atoms with Gasteiger partial charge in [0.15, 0.2) is 6.10 Å². The van der Waals surface area contributed by atoms with Crippen molar-refractivity contribution >= 4 is 19.8 Å². The normalized spacial score (nSPS) is 13.9. The molecule has 1 unspecified atom stereocenters. The van der Waals surface area contributed by atoms with Gasteiger partial charge in [-0.05, 0) is 95.6 Å². The van der Waals surface area contributed by atoms with Gasteiger partial charge in [0, 0.05) is 32.3 Å². The Morgan fingerprint density at radius 3 is 1.77 bits per heavy atom. The van der Waals surface area contributed by atoms with Crippen LogP contribution in [-0.4, -0.2) is 86.6 Å². The maximum atomic E-state index is 12.8. The average Bonchev–Trinajstić information content (AvgIpc) is 3.46. The van der Waals surface area contributed by atoms with E-state index >= 15 is 0 Å². The van der Waals surface area contributed by atoms with E-state index < -0.39 is 32.5 Å². The lowest BCUT2D eigenvalue weighted by Gasteiger charge is -2.24. The maximum absolute atomic E-state index is 12.8. The molecule has 1 heterocycles. The summed E-state index contributed by atoms with van der Waals surface area (Å²) in [4.78, 5) is 35.5. The number of phosphoric acid groups is 1. The van der Waals surface area contributed by atoms with E-state index in [2.05, 4.69) is 63.3 Å². The van der Waals surface area contributed by atoms with Crippen molar-refractivity contribution in [1.29, 1.82) is 0 Å². The molecular formula is C48H83NO10P+. The number of carbonyl (C=O) groups excluding carboxylic acids is 2. The first kappa shape index (κ1) is 55.2. The number of ether oxygens (including phenoxy) is 2. The van der Waals surface area contributed by atoms with Gasteiger partial charge in [-0.3, -0.25) is 18.6 Å². The summed E-state index contributed by atoms with van der Waals surface area (Å²) in [6.07, 6.45) is 36.0. The first-order valence-electron chi connectivity index (χ1n) is 22.8. The van der Waals surface area contributed by atoms with Crippen LogP contribution in [0.15, 0.2) is 53.0 Å². The van der Waals surface area contributed by atoms with Crippen LogP contribution in [0.2, 0.25) is 0 Å². The number of carbonyl (C=O) groups is 2. The minimum atomic E-state index is -4.41. The van der Waals surface area contributed by atoms with Crippen LogP contribution in [0, 0.1) is 13.8 Å². The zero-order chi connectivity index (χ0) is 44.3. The predicted octanol–water partition coefficient (Wildman–Crippen LogP) is 11.3. The monoisotopic (exact) mass is 865 g/mol. The van der Waals surface area contributed by atoms with Gasteiger partial charge in [0.05, 0.1) is 27.7 Å². The van der Waals surface area contributed by atoms with E-state index in [0.29, 0.717) is 23.9 Å². The number of allylic oxidation sites excluding steroid dienone is 8. The van der Waals surface area contributed by atoms with E-state index in [0.717, 1.165) is 114 Å². The summed E-state index contributed by atoms with van der Waals surface area (Å²) in [6, 6.07) is 0. The van der Waals surface area contributed by atoms with Crippen molar-refractivity contribution < 1.29 is 51.6 Å². The summed E-state index contributed by atoms with van der Waals surface area (Å²) < 4.78 is 40.4. The quantitative estimate of drug-likeness (QED) is 0.0217. The minimum absolute atomic E-state index is 0.00958. The number of rotatable bonds is 38. The number of aliphatic hydroxyl groups is 1. The zero-order valence-electron chi connectivity index (χ0n) is 38.3. The molecule has 0 aliphatic carbocycles. The molecule has 0 bridgehead atoms. The molecule has 2 atom stereocenters. The van der Waals surface area contributed by atoms with Crippen molar-refractivity contribution in [3.05, 3.63) is 71.3 Å². The summed E-state index contributed by atoms with van der Waals surface area (Å²) in [7, 11) is 1.40. The van der Waals surface area contributed by atoms with Gasteiger partial charge in [-0.15, -0.1) is 0 Å². The lowest BCUT2D eigenvalue weighted by Crippen LogP contribution is -2.37. The molecule has 1 aromatic heterocycles. The van der Waals surface area contributed by atoms with Gasteiger partial charge >= 0.3 is 19.8 Å². The highest BCUT2D eigenvalue weighted by atomic mass is 31.2. The molecule has 0 fully saturated rings. The summed E-state index contributed by atoms with van der Waals surface area (Å²) in [5.74, 6) is 1.38. The van der Waals surface area contributed by atoms with Crippen molar-refractivity contribution in [2.24, 2.45) is 0 Å². The highest BCUT2D eigenvalue weighted by molar-refractivity contribution is 7.47. The Balaban J connectivity index is 2.37. The molecule has 0 amide bonds. The van der Waals surface area contributed by atoms with E-state index in [9.17, 15) is 19.0 Å². The maximum Gasteiger partial charge on any atom is 0.472 e. The van der Waals surface area contributed by atoms with Crippen molar-refractivity contribution in [1.82, 2.24) is 0 Å². The molecule has 11 nitrogen and oxygen atoms in total. The largest absolute Gasteiger partial charge is 0.472 e. The van der Waals surface area contributed by atoms with Crippen LogP contribution < -0.4 is 0 Å². The van der Waals surface area contributed by atoms with E-state index in [-0.39, 0.29) is 32.7 Å². The second-order valence-corrected chi connectivity index (χ2v) is 18.2. The number of furan rings is 1. The topological polar surface area (TPSA) is 142 Å². The molecule has 12 heteroatoms. The van der Waals surface area contributed by atoms with Crippen molar-refractivity contribution in [2.75, 3.05) is 54.1 Å². The molecule has 0 radical (unpaired) electrons. The first-order chi connectivity index (χ1) is 28.8. The number of likely N-dealkylation sites (N-methyl/N-ethyl adjacent to an activating group) is 1. The Morgan fingerprint density at radius 1 is 0.667 bits per heavy atom. The number of unbranched alkanes of at least 4 members (excludes halogenated alkanes) is 11. The van der Waals surface area contributed by atoms with Crippen molar-refractivity contribution in [3.63, 3.8) is 0 Å². The van der Waals surface area contributed by atoms with Gasteiger partial charge in [0.1, 0.15) is 31.3 Å². The summed E-state index contributed by atoms with van der Waals surface area (Å²) >= 11 is 0. The molecule has 344 valence electrons. The number of quaternary nitrogens is 1. The van der Waals surface area contributed by atoms with Crippen LogP contribution in [0.1, 0.15) is 158 Å². The summed E-state index contributed by atoms with van der Waals surface area (Å²) in [6.45, 7) is 6.57. The van der Waals surface area contributed by atoms with Crippen LogP contribution in [0.5, 0.6) is 0 Å². The van der Waals surface area contributed by atoms with E-state index in [4.69, 9.17) is 28.0 Å². The Bertz CT molecular complexity index is 1440. The van der Waals surface area contributed by atoms with Crippen LogP contribution in [0.3, 0.4) is 0 Å². The Kier molecular flexibility index (Phi) is 32.0. The fraction of sp³-hybridized carbons (Fsp3) is 0.708. The SMILES string of the molecule is CCCc1oc(CCCCCCCCCCC(=O)O[C@H](COC(=O)CCC/C=C\C/C=C\C/C=C\C/C=C\CCCCCO)COP(=O)(O)OCC[N+](C)(C)C)c(C)c1C. The number of esters is 2. The molecule has 0 saturated carbocycles. The smallest absolute Gasteiger partial charge is 0.466 e. The molecule has 0 spiro atoms. The Morgan fingerprint density at radius 2 is 1.18 bits per heavy atom. The third-order valence-corrected chi connectivity index (χ3v) is 11.1. The van der Waals surface area contributed by atoms with E-state index in [1.165, 1.54) is 24.0 Å². The second-order valence-electron chi connectivity index (χ2n) is 16.7. The highest BCUT2D eigenvalue weighted by Crippen LogP contribution is 2.43. The van der Waals surface area contributed by atoms with Crippen molar-refractivity contribution in [2.45, 2.75) is 168 Å². The van der Waals surface area contributed by atoms with Gasteiger partial charge in [0.25, 0.3) is 0 Å². The minimum Gasteiger partial charge on any atom is -0.466 e. The highest BCUT2D eigenvalue weighted by Gasteiger charge is 2.27. The predicted molar refractivity (Wildman–Crippen MR) is 243 cm³/mol. The van der Waals surface area contributed by atoms with Gasteiger partial charge in [-0.25, -0.2) is 4.57 Å². The number of nitrogens with zero attached hydrogens (tertiary/aromatic N) is 1. The lowest BCUT2D eigenvalue weighted by atomic mass is 10.0. The number of phosphoric ester groups is 1. The standard InChI is InChI=1S/C48H82NO10P/c1-7-33-45-42(2)43(3)46(59-45)34-29-25-21-18-19-23-27-31-36-48(52)58-44(41-57-60(53,54)56-39-37-49(4,5)6)40-55-47(51)35-30-26-22-17-15-13-11-9-8-10-12-14-16-20-24-28-32-38-50/h8,10-11,13-14,16-17,22,44,50H,7,9,12,15,18-21,23-41H2,1-6H3/p+1/b10-8-,13-11-,16-14-,22-17-/t44-/m1/s1. The van der Waals surface area contributed by atoms with Crippen LogP contribution in [-0.2, 0) is 45.5 Å². The van der Waals surface area contributed by atoms with Crippen LogP contribution in [0.4, 0.5) is 0 Å². The number of aliphatic hydroxyl groups excluding tert-OH is 1. The van der Waals surface area contributed by atoms with Crippen LogP contribution >= 0.6 is 7.82 Å². The van der Waals surface area contributed by atoms with Gasteiger partial charge in [-0.2, -0.15) is 0 Å². The molecule has 60 heavy (non-hydrogen) atoms. The molecular weight excluding hydrogens is 781 g/mol. The summed E-state index contributed by atoms with van der Waals surface area (Å²) in [5, 5.41) is 8.80. The van der Waals surface area contributed by atoms with Gasteiger partial charge in [-0.1, -0.05) is 100 Å². The molecule has 0 aromatic carbocycles. The molecule has 2 N–H and O–H groups in total. The first-order valence-corrected chi connectivity index (χ1v) is 24.3. The van der Waals surface area contributed by atoms with E-state index in [1.54, 1.807) is 0 Å². The molecule has 1 aromatic rings. The van der Waals surface area contributed by atoms with E-state index in [1.807, 2.05) is 27.2 Å². The Labute approximate surface area is 363 Å². The molecule has 0 aliphatic heterocycles. The number of aryl methyl sites for hydroxylation is 2. The number of hydrogen-bond donors (Lipinski definition) is 2. The Hall–Kier alpha value is -2.79. The molecule has 1 rings (SSSR count). The summed E-state index contributed by atoms with van der Waals surface area (Å²) in [5.41, 5.74) is 2.62. The molecule has 0 aliphatic rings. The second kappa shape index (κ2) is 34.8. The van der Waals surface area contributed by atoms with Gasteiger partial charge in [0.2, 0.25) is 0 Å². The van der Waals surface area contributed by atoms with Gasteiger partial charge < -0.3 is 28.4 Å². The van der Waals surface area contributed by atoms with Crippen LogP contribution in [0.25, 0.3) is 0 Å². The fourth-order valence-electron chi connectivity index (χ4n) is 6.27. The lowest BCUT2D eigenvalue weighted by molar-refractivity contribution is -0.870. The molecule has 0 saturated heterocycles. The average molecular weight is 865 g/mol.